The van der Waals surface area contributed by atoms with Crippen LogP contribution in [-0.2, 0) is 6.42 Å². The molecule has 2 N–H and O–H groups in total. The molecule has 3 aromatic rings. The number of anilines is 1. The molecule has 2 aliphatic rings. The third-order valence-electron chi connectivity index (χ3n) is 6.90. The maximum atomic E-state index is 14.6. The number of hydrogen-bond acceptors (Lipinski definition) is 7. The van der Waals surface area contributed by atoms with Crippen LogP contribution in [0.5, 0.6) is 5.88 Å². The first-order valence-corrected chi connectivity index (χ1v) is 12.1. The van der Waals surface area contributed by atoms with E-state index in [1.807, 2.05) is 31.2 Å². The maximum absolute atomic E-state index is 14.6. The topological polar surface area (TPSA) is 79.1 Å². The number of ether oxygens (including phenoxy) is 1. The molecule has 12 heteroatoms. The molecule has 1 unspecified atom stereocenters. The van der Waals surface area contributed by atoms with Gasteiger partial charge < -0.3 is 20.3 Å². The number of nitrogens with zero attached hydrogens (tertiary/aromatic N) is 5. The predicted molar refractivity (Wildman–Crippen MR) is 134 cm³/mol. The molecule has 37 heavy (non-hydrogen) atoms. The smallest absolute Gasteiger partial charge is 0.280 e. The highest BCUT2D eigenvalue weighted by molar-refractivity contribution is 5.93. The fraction of sp³-hybridized carbons (Fsp3) is 0.480. The van der Waals surface area contributed by atoms with E-state index in [9.17, 15) is 17.6 Å². The molecule has 0 bridgehead atoms. The van der Waals surface area contributed by atoms with Crippen LogP contribution < -0.4 is 15.4 Å². The number of methoxy groups -OCH3 is 1. The van der Waals surface area contributed by atoms with Crippen LogP contribution in [0.3, 0.4) is 0 Å². The van der Waals surface area contributed by atoms with Gasteiger partial charge in [-0.3, -0.25) is 4.99 Å². The fourth-order valence-corrected chi connectivity index (χ4v) is 4.98. The Bertz CT molecular complexity index is 1330. The summed E-state index contributed by atoms with van der Waals surface area (Å²) in [7, 11) is 3.14. The van der Waals surface area contributed by atoms with E-state index in [4.69, 9.17) is 4.74 Å². The van der Waals surface area contributed by atoms with Crippen molar-refractivity contribution in [1.29, 1.82) is 0 Å². The molecule has 0 aliphatic carbocycles. The zero-order chi connectivity index (χ0) is 26.3. The van der Waals surface area contributed by atoms with Crippen molar-refractivity contribution in [2.75, 3.05) is 39.1 Å². The summed E-state index contributed by atoms with van der Waals surface area (Å²) in [5.74, 6) is -2.62. The van der Waals surface area contributed by atoms with Crippen molar-refractivity contribution in [3.8, 4) is 17.0 Å². The number of likely N-dealkylation sites (tertiary alicyclic amines) is 1. The molecule has 2 aliphatic heterocycles. The number of halogens is 4. The molecule has 1 fully saturated rings. The number of benzene rings is 1. The first-order chi connectivity index (χ1) is 17.6. The fourth-order valence-electron chi connectivity index (χ4n) is 4.98. The van der Waals surface area contributed by atoms with Crippen molar-refractivity contribution >= 4 is 22.9 Å². The van der Waals surface area contributed by atoms with E-state index >= 15 is 0 Å². The van der Waals surface area contributed by atoms with Crippen LogP contribution in [-0.4, -0.2) is 83.4 Å². The molecule has 4 heterocycles. The van der Waals surface area contributed by atoms with E-state index in [0.29, 0.717) is 18.5 Å². The summed E-state index contributed by atoms with van der Waals surface area (Å²) in [6.45, 7) is 1.64. The zero-order valence-corrected chi connectivity index (χ0v) is 20.8. The minimum Gasteiger partial charge on any atom is -0.479 e. The van der Waals surface area contributed by atoms with Crippen molar-refractivity contribution in [1.82, 2.24) is 24.8 Å². The predicted octanol–water partition coefficient (Wildman–Crippen LogP) is 4.03. The van der Waals surface area contributed by atoms with Crippen LogP contribution in [0.25, 0.3) is 16.6 Å². The highest BCUT2D eigenvalue weighted by Crippen LogP contribution is 2.36. The SMILES string of the molecule is COc1nc(N[C@H]2CCN(C)CC2(F)F)nn2ccc(-c3ccc4c(c3)CC(NCC(F)F)C(C)=N4)c12. The van der Waals surface area contributed by atoms with Gasteiger partial charge in [-0.15, -0.1) is 5.10 Å². The Balaban J connectivity index is 1.44. The molecule has 8 nitrogen and oxygen atoms in total. The van der Waals surface area contributed by atoms with Crippen LogP contribution in [0.4, 0.5) is 29.2 Å². The second-order valence-corrected chi connectivity index (χ2v) is 9.60. The Hall–Kier alpha value is -3.25. The minimum absolute atomic E-state index is 0.0592. The van der Waals surface area contributed by atoms with Crippen molar-refractivity contribution in [3.63, 3.8) is 0 Å². The lowest BCUT2D eigenvalue weighted by atomic mass is 9.94. The third-order valence-corrected chi connectivity index (χ3v) is 6.90. The van der Waals surface area contributed by atoms with Gasteiger partial charge in [0, 0.05) is 30.1 Å². The van der Waals surface area contributed by atoms with E-state index in [1.54, 1.807) is 22.7 Å². The third kappa shape index (κ3) is 5.12. The Labute approximate surface area is 211 Å². The lowest BCUT2D eigenvalue weighted by molar-refractivity contribution is -0.0675. The average Bonchev–Trinajstić information content (AvgIpc) is 3.27. The van der Waals surface area contributed by atoms with Crippen LogP contribution >= 0.6 is 0 Å². The summed E-state index contributed by atoms with van der Waals surface area (Å²) in [6.07, 6.45) is 0.0743. The lowest BCUT2D eigenvalue weighted by Crippen LogP contribution is -2.53. The van der Waals surface area contributed by atoms with Gasteiger partial charge in [-0.2, -0.15) is 4.98 Å². The van der Waals surface area contributed by atoms with Gasteiger partial charge in [-0.25, -0.2) is 22.1 Å². The van der Waals surface area contributed by atoms with Gasteiger partial charge in [0.2, 0.25) is 11.8 Å². The highest BCUT2D eigenvalue weighted by atomic mass is 19.3. The highest BCUT2D eigenvalue weighted by Gasteiger charge is 2.44. The summed E-state index contributed by atoms with van der Waals surface area (Å²) in [6, 6.07) is 6.28. The second-order valence-electron chi connectivity index (χ2n) is 9.60. The van der Waals surface area contributed by atoms with E-state index in [2.05, 4.69) is 25.7 Å². The quantitative estimate of drug-likeness (QED) is 0.459. The maximum Gasteiger partial charge on any atom is 0.280 e. The summed E-state index contributed by atoms with van der Waals surface area (Å²) in [5, 5.41) is 10.1. The van der Waals surface area contributed by atoms with Crippen LogP contribution in [0.1, 0.15) is 18.9 Å². The van der Waals surface area contributed by atoms with Crippen LogP contribution in [0, 0.1) is 0 Å². The first-order valence-electron chi connectivity index (χ1n) is 12.1. The van der Waals surface area contributed by atoms with Gasteiger partial charge in [0.1, 0.15) is 5.52 Å². The molecule has 2 atom stereocenters. The van der Waals surface area contributed by atoms with Crippen LogP contribution in [0.2, 0.25) is 0 Å². The standard InChI is InChI=1S/C25H29F4N7O/c1-14-19(30-12-21(26)27)11-16-10-15(4-5-18(16)31-14)17-6-9-36-22(17)23(37-3)33-24(34-36)32-20-7-8-35(2)13-25(20,28)29/h4-6,9-10,19-21,30H,7-8,11-13H2,1-3H3,(H,32,34)/t19?,20-/m0/s1. The van der Waals surface area contributed by atoms with Gasteiger partial charge in [-0.1, -0.05) is 6.07 Å². The molecular formula is C25H29F4N7O. The van der Waals surface area contributed by atoms with Gasteiger partial charge in [0.05, 0.1) is 31.9 Å². The number of rotatable bonds is 7. The molecule has 1 aromatic carbocycles. The van der Waals surface area contributed by atoms with Crippen molar-refractivity contribution in [2.24, 2.45) is 4.99 Å². The minimum atomic E-state index is -2.92. The average molecular weight is 520 g/mol. The molecule has 0 radical (unpaired) electrons. The number of fused-ring (bicyclic) bond motifs is 2. The molecular weight excluding hydrogens is 490 g/mol. The first kappa shape index (κ1) is 25.4. The van der Waals surface area contributed by atoms with E-state index in [1.165, 1.54) is 7.11 Å². The molecule has 5 rings (SSSR count). The summed E-state index contributed by atoms with van der Waals surface area (Å²) >= 11 is 0. The number of alkyl halides is 4. The van der Waals surface area contributed by atoms with Gasteiger partial charge in [-0.05, 0) is 56.1 Å². The number of nitrogens with one attached hydrogen (secondary N) is 2. The lowest BCUT2D eigenvalue weighted by Gasteiger charge is -2.36. The van der Waals surface area contributed by atoms with E-state index < -0.39 is 24.9 Å². The number of piperidine rings is 1. The Morgan fingerprint density at radius 1 is 1.24 bits per heavy atom. The molecule has 0 saturated carbocycles. The molecule has 0 amide bonds. The normalized spacial score (nSPS) is 21.7. The largest absolute Gasteiger partial charge is 0.479 e. The monoisotopic (exact) mass is 519 g/mol. The number of hydrogen-bond donors (Lipinski definition) is 2. The molecule has 1 saturated heterocycles. The summed E-state index contributed by atoms with van der Waals surface area (Å²) in [5.41, 5.74) is 4.73. The zero-order valence-electron chi connectivity index (χ0n) is 20.8. The number of aliphatic imine (C=N–C) groups is 1. The van der Waals surface area contributed by atoms with Gasteiger partial charge >= 0.3 is 0 Å². The summed E-state index contributed by atoms with van der Waals surface area (Å²) in [4.78, 5) is 10.6. The number of aromatic nitrogens is 3. The van der Waals surface area contributed by atoms with Crippen molar-refractivity contribution in [2.45, 2.75) is 44.2 Å². The Morgan fingerprint density at radius 3 is 2.78 bits per heavy atom. The molecule has 198 valence electrons. The summed E-state index contributed by atoms with van der Waals surface area (Å²) < 4.78 is 61.7. The Kier molecular flexibility index (Phi) is 6.80. The Morgan fingerprint density at radius 2 is 2.05 bits per heavy atom. The van der Waals surface area contributed by atoms with Gasteiger partial charge in [0.25, 0.3) is 12.3 Å². The second kappa shape index (κ2) is 9.90. The van der Waals surface area contributed by atoms with E-state index in [0.717, 1.165) is 28.1 Å². The van der Waals surface area contributed by atoms with Crippen molar-refractivity contribution in [3.05, 3.63) is 36.0 Å². The molecule has 0 spiro atoms. The van der Waals surface area contributed by atoms with Crippen LogP contribution in [0.15, 0.2) is 35.5 Å². The van der Waals surface area contributed by atoms with E-state index in [-0.39, 0.29) is 30.8 Å². The molecule has 2 aromatic heterocycles. The van der Waals surface area contributed by atoms with Gasteiger partial charge in [0.15, 0.2) is 0 Å². The van der Waals surface area contributed by atoms with Crippen molar-refractivity contribution < 1.29 is 22.3 Å².